The third-order valence-corrected chi connectivity index (χ3v) is 4.40. The van der Waals surface area contributed by atoms with Crippen LogP contribution in [0.1, 0.15) is 57.6 Å². The minimum Gasteiger partial charge on any atom is -0.310 e. The second-order valence-corrected chi connectivity index (χ2v) is 5.88. The summed E-state index contributed by atoms with van der Waals surface area (Å²) in [6.45, 7) is 5.47. The van der Waals surface area contributed by atoms with Crippen molar-refractivity contribution in [1.82, 2.24) is 5.32 Å². The molecule has 3 heteroatoms. The summed E-state index contributed by atoms with van der Waals surface area (Å²) < 4.78 is 0.987. The van der Waals surface area contributed by atoms with Crippen LogP contribution >= 0.6 is 27.5 Å². The molecule has 1 aromatic rings. The van der Waals surface area contributed by atoms with Crippen molar-refractivity contribution in [1.29, 1.82) is 0 Å². The number of unbranched alkanes of at least 4 members (excludes halogenated alkanes) is 2. The maximum absolute atomic E-state index is 6.39. The Kier molecular flexibility index (Phi) is 7.96. The summed E-state index contributed by atoms with van der Waals surface area (Å²) in [5.41, 5.74) is 1.22. The monoisotopic (exact) mass is 331 g/mol. The third-order valence-electron chi connectivity index (χ3n) is 3.09. The highest BCUT2D eigenvalue weighted by Gasteiger charge is 2.14. The number of benzene rings is 1. The zero-order chi connectivity index (χ0) is 13.4. The highest BCUT2D eigenvalue weighted by Crippen LogP contribution is 2.32. The fourth-order valence-electron chi connectivity index (χ4n) is 2.07. The molecule has 0 spiro atoms. The summed E-state index contributed by atoms with van der Waals surface area (Å²) in [4.78, 5) is 0. The van der Waals surface area contributed by atoms with Crippen LogP contribution in [0.5, 0.6) is 0 Å². The minimum atomic E-state index is 0.376. The van der Waals surface area contributed by atoms with E-state index in [4.69, 9.17) is 11.6 Å². The summed E-state index contributed by atoms with van der Waals surface area (Å²) in [5.74, 6) is 0. The van der Waals surface area contributed by atoms with Crippen LogP contribution in [0.15, 0.2) is 22.7 Å². The number of rotatable bonds is 8. The Bertz CT molecular complexity index is 354. The Morgan fingerprint density at radius 3 is 2.67 bits per heavy atom. The van der Waals surface area contributed by atoms with Gasteiger partial charge in [0.05, 0.1) is 5.02 Å². The quantitative estimate of drug-likeness (QED) is 0.600. The van der Waals surface area contributed by atoms with Crippen molar-refractivity contribution in [2.75, 3.05) is 6.54 Å². The zero-order valence-corrected chi connectivity index (χ0v) is 13.6. The molecule has 0 bridgehead atoms. The van der Waals surface area contributed by atoms with Gasteiger partial charge in [0.15, 0.2) is 0 Å². The van der Waals surface area contributed by atoms with Crippen LogP contribution in [-0.2, 0) is 0 Å². The molecular weight excluding hydrogens is 310 g/mol. The van der Waals surface area contributed by atoms with Gasteiger partial charge in [0, 0.05) is 10.5 Å². The van der Waals surface area contributed by atoms with E-state index in [2.05, 4.69) is 47.2 Å². The average Bonchev–Trinajstić information content (AvgIpc) is 2.37. The Labute approximate surface area is 124 Å². The summed E-state index contributed by atoms with van der Waals surface area (Å²) >= 11 is 9.90. The van der Waals surface area contributed by atoms with Crippen molar-refractivity contribution in [3.05, 3.63) is 33.3 Å². The highest BCUT2D eigenvalue weighted by atomic mass is 79.9. The van der Waals surface area contributed by atoms with Crippen molar-refractivity contribution in [3.63, 3.8) is 0 Å². The van der Waals surface area contributed by atoms with Gasteiger partial charge in [0.25, 0.3) is 0 Å². The van der Waals surface area contributed by atoms with Gasteiger partial charge < -0.3 is 5.32 Å². The Morgan fingerprint density at radius 1 is 1.22 bits per heavy atom. The van der Waals surface area contributed by atoms with Crippen LogP contribution in [0.4, 0.5) is 0 Å². The van der Waals surface area contributed by atoms with Crippen LogP contribution in [-0.4, -0.2) is 6.54 Å². The SMILES string of the molecule is CCCCCC(NCCC)c1cccc(Br)c1Cl. The van der Waals surface area contributed by atoms with Crippen LogP contribution in [0.25, 0.3) is 0 Å². The van der Waals surface area contributed by atoms with Crippen molar-refractivity contribution < 1.29 is 0 Å². The Balaban J connectivity index is 2.76. The summed E-state index contributed by atoms with van der Waals surface area (Å²) in [6, 6.07) is 6.56. The first-order chi connectivity index (χ1) is 8.70. The Hall–Kier alpha value is -0.0500. The predicted octanol–water partition coefficient (Wildman–Crippen LogP) is 5.72. The average molecular weight is 333 g/mol. The lowest BCUT2D eigenvalue weighted by atomic mass is 10.00. The van der Waals surface area contributed by atoms with Gasteiger partial charge >= 0.3 is 0 Å². The van der Waals surface area contributed by atoms with Gasteiger partial charge in [-0.15, -0.1) is 0 Å². The van der Waals surface area contributed by atoms with E-state index in [1.165, 1.54) is 24.8 Å². The normalized spacial score (nSPS) is 12.7. The maximum Gasteiger partial charge on any atom is 0.0595 e. The number of nitrogens with one attached hydrogen (secondary N) is 1. The first-order valence-corrected chi connectivity index (χ1v) is 8.05. The molecule has 1 unspecified atom stereocenters. The topological polar surface area (TPSA) is 12.0 Å². The number of hydrogen-bond donors (Lipinski definition) is 1. The lowest BCUT2D eigenvalue weighted by Gasteiger charge is -2.20. The van der Waals surface area contributed by atoms with Crippen LogP contribution in [0.3, 0.4) is 0 Å². The second-order valence-electron chi connectivity index (χ2n) is 4.65. The van der Waals surface area contributed by atoms with Gasteiger partial charge in [-0.05, 0) is 46.9 Å². The fourth-order valence-corrected chi connectivity index (χ4v) is 2.71. The number of halogens is 2. The van der Waals surface area contributed by atoms with E-state index in [0.717, 1.165) is 28.9 Å². The van der Waals surface area contributed by atoms with Crippen LogP contribution in [0.2, 0.25) is 5.02 Å². The number of hydrogen-bond acceptors (Lipinski definition) is 1. The first kappa shape index (κ1) is 16.0. The molecule has 1 nitrogen and oxygen atoms in total. The molecule has 0 aliphatic carbocycles. The van der Waals surface area contributed by atoms with E-state index in [9.17, 15) is 0 Å². The van der Waals surface area contributed by atoms with Gasteiger partial charge in [-0.3, -0.25) is 0 Å². The van der Waals surface area contributed by atoms with E-state index in [-0.39, 0.29) is 0 Å². The maximum atomic E-state index is 6.39. The largest absolute Gasteiger partial charge is 0.310 e. The molecular formula is C15H23BrClN. The molecule has 0 fully saturated rings. The van der Waals surface area contributed by atoms with Crippen molar-refractivity contribution in [2.45, 2.75) is 52.0 Å². The molecule has 0 aliphatic rings. The van der Waals surface area contributed by atoms with Gasteiger partial charge in [-0.1, -0.05) is 56.8 Å². The summed E-state index contributed by atoms with van der Waals surface area (Å²) in [7, 11) is 0. The molecule has 0 heterocycles. The van der Waals surface area contributed by atoms with Crippen molar-refractivity contribution in [3.8, 4) is 0 Å². The highest BCUT2D eigenvalue weighted by molar-refractivity contribution is 9.10. The van der Waals surface area contributed by atoms with Gasteiger partial charge in [-0.2, -0.15) is 0 Å². The lowest BCUT2D eigenvalue weighted by Crippen LogP contribution is -2.22. The molecule has 1 atom stereocenters. The second kappa shape index (κ2) is 8.95. The fraction of sp³-hybridized carbons (Fsp3) is 0.600. The van der Waals surface area contributed by atoms with Gasteiger partial charge in [0.1, 0.15) is 0 Å². The van der Waals surface area contributed by atoms with Crippen LogP contribution < -0.4 is 5.32 Å². The molecule has 1 N–H and O–H groups in total. The third kappa shape index (κ3) is 4.91. The summed E-state index contributed by atoms with van der Waals surface area (Å²) in [5, 5.41) is 4.46. The molecule has 1 aromatic carbocycles. The minimum absolute atomic E-state index is 0.376. The molecule has 0 saturated carbocycles. The van der Waals surface area contributed by atoms with E-state index in [1.54, 1.807) is 0 Å². The molecule has 18 heavy (non-hydrogen) atoms. The standard InChI is InChI=1S/C15H23BrClN/c1-3-5-6-10-14(18-11-4-2)12-8-7-9-13(16)15(12)17/h7-9,14,18H,3-6,10-11H2,1-2H3. The Morgan fingerprint density at radius 2 is 2.00 bits per heavy atom. The lowest BCUT2D eigenvalue weighted by molar-refractivity contribution is 0.474. The van der Waals surface area contributed by atoms with Gasteiger partial charge in [-0.25, -0.2) is 0 Å². The van der Waals surface area contributed by atoms with Crippen molar-refractivity contribution >= 4 is 27.5 Å². The van der Waals surface area contributed by atoms with Gasteiger partial charge in [0.2, 0.25) is 0 Å². The molecule has 0 saturated heterocycles. The summed E-state index contributed by atoms with van der Waals surface area (Å²) in [6.07, 6.45) is 6.10. The van der Waals surface area contributed by atoms with E-state index < -0.39 is 0 Å². The molecule has 0 aromatic heterocycles. The molecule has 1 rings (SSSR count). The molecule has 0 amide bonds. The van der Waals surface area contributed by atoms with E-state index in [0.29, 0.717) is 6.04 Å². The molecule has 0 aliphatic heterocycles. The first-order valence-electron chi connectivity index (χ1n) is 6.88. The molecule has 0 radical (unpaired) electrons. The van der Waals surface area contributed by atoms with Crippen molar-refractivity contribution in [2.24, 2.45) is 0 Å². The van der Waals surface area contributed by atoms with E-state index >= 15 is 0 Å². The van der Waals surface area contributed by atoms with Crippen LogP contribution in [0, 0.1) is 0 Å². The molecule has 102 valence electrons. The predicted molar refractivity (Wildman–Crippen MR) is 84.3 cm³/mol. The van der Waals surface area contributed by atoms with E-state index in [1.807, 2.05) is 6.07 Å². The zero-order valence-electron chi connectivity index (χ0n) is 11.3. The smallest absolute Gasteiger partial charge is 0.0595 e.